The topological polar surface area (TPSA) is 96.2 Å². The number of carbonyl (C=O) groups excluding carboxylic acids is 3. The molecule has 0 saturated carbocycles. The Morgan fingerprint density at radius 3 is 2.48 bits per heavy atom. The minimum absolute atomic E-state index is 0.0109. The molecule has 1 aliphatic rings. The Morgan fingerprint density at radius 2 is 1.86 bits per heavy atom. The molecule has 14 heteroatoms. The van der Waals surface area contributed by atoms with Gasteiger partial charge in [0.25, 0.3) is 17.4 Å². The van der Waals surface area contributed by atoms with Crippen LogP contribution in [0.2, 0.25) is 33.5 Å². The lowest BCUT2D eigenvalue weighted by Gasteiger charge is -2.37. The number of esters is 1. The molecule has 1 aromatic heterocycles. The van der Waals surface area contributed by atoms with E-state index in [1.165, 1.54) is 15.8 Å². The molecule has 1 aromatic carbocycles. The maximum absolute atomic E-state index is 13.9. The molecule has 0 spiro atoms. The summed E-state index contributed by atoms with van der Waals surface area (Å²) >= 11 is 19.6. The number of anilines is 2. The fourth-order valence-corrected chi connectivity index (χ4v) is 5.93. The van der Waals surface area contributed by atoms with Gasteiger partial charge in [0.2, 0.25) is 5.15 Å². The van der Waals surface area contributed by atoms with E-state index in [4.69, 9.17) is 44.0 Å². The molecular weight excluding hydrogens is 621 g/mol. The molecule has 2 heterocycles. The van der Waals surface area contributed by atoms with Gasteiger partial charge >= 0.3 is 12.0 Å². The first-order valence-electron chi connectivity index (χ1n) is 13.8. The summed E-state index contributed by atoms with van der Waals surface area (Å²) in [6.45, 7) is 14.3. The summed E-state index contributed by atoms with van der Waals surface area (Å²) < 4.78 is 12.8. The second kappa shape index (κ2) is 13.9. The third-order valence-corrected chi connectivity index (χ3v) is 13.2. The second-order valence-electron chi connectivity index (χ2n) is 11.5. The summed E-state index contributed by atoms with van der Waals surface area (Å²) in [4.78, 5) is 47.5. The van der Waals surface area contributed by atoms with E-state index in [0.29, 0.717) is 31.1 Å². The SMILES string of the molecule is CCOC(=O)CCN1CCN(c2ccc(N(CCO[Si](C)(C)C(C)(C)C)C(=O)c3c(Cl)nc[n+](C)c3Cl)cc2Cl)C1=O. The van der Waals surface area contributed by atoms with Gasteiger partial charge in [-0.3, -0.25) is 14.5 Å². The number of halogens is 3. The van der Waals surface area contributed by atoms with Crippen LogP contribution in [0.15, 0.2) is 24.5 Å². The second-order valence-corrected chi connectivity index (χ2v) is 17.4. The van der Waals surface area contributed by atoms with Gasteiger partial charge in [0.05, 0.1) is 37.4 Å². The summed E-state index contributed by atoms with van der Waals surface area (Å²) in [7, 11) is -0.430. The largest absolute Gasteiger partial charge is 0.466 e. The van der Waals surface area contributed by atoms with Gasteiger partial charge in [-0.15, -0.1) is 0 Å². The van der Waals surface area contributed by atoms with Crippen LogP contribution in [0, 0.1) is 0 Å². The van der Waals surface area contributed by atoms with Crippen molar-refractivity contribution in [3.63, 3.8) is 0 Å². The van der Waals surface area contributed by atoms with Crippen LogP contribution in [0.25, 0.3) is 0 Å². The van der Waals surface area contributed by atoms with E-state index >= 15 is 0 Å². The quantitative estimate of drug-likeness (QED) is 0.132. The number of amides is 3. The third kappa shape index (κ3) is 7.73. The average Bonchev–Trinajstić information content (AvgIpc) is 3.27. The van der Waals surface area contributed by atoms with Crippen LogP contribution in [-0.4, -0.2) is 75.5 Å². The van der Waals surface area contributed by atoms with Crippen molar-refractivity contribution in [3.8, 4) is 0 Å². The Balaban J connectivity index is 1.89. The Morgan fingerprint density at radius 1 is 1.17 bits per heavy atom. The van der Waals surface area contributed by atoms with Gasteiger partial charge in [-0.1, -0.05) is 32.4 Å². The molecule has 10 nitrogen and oxygen atoms in total. The van der Waals surface area contributed by atoms with E-state index in [0.717, 1.165) is 0 Å². The van der Waals surface area contributed by atoms with Crippen LogP contribution < -0.4 is 14.4 Å². The molecule has 3 rings (SSSR count). The van der Waals surface area contributed by atoms with Gasteiger partial charge in [0.1, 0.15) is 0 Å². The van der Waals surface area contributed by atoms with E-state index in [2.05, 4.69) is 38.8 Å². The number of carbonyl (C=O) groups is 3. The van der Waals surface area contributed by atoms with Crippen LogP contribution in [0.4, 0.5) is 16.2 Å². The van der Waals surface area contributed by atoms with Crippen LogP contribution >= 0.6 is 34.8 Å². The number of benzene rings is 1. The van der Waals surface area contributed by atoms with E-state index in [1.54, 1.807) is 42.0 Å². The van der Waals surface area contributed by atoms with Crippen molar-refractivity contribution in [2.75, 3.05) is 49.2 Å². The van der Waals surface area contributed by atoms with Crippen LogP contribution in [0.3, 0.4) is 0 Å². The van der Waals surface area contributed by atoms with E-state index in [-0.39, 0.29) is 64.0 Å². The summed E-state index contributed by atoms with van der Waals surface area (Å²) in [5, 5.41) is 0.392. The zero-order valence-electron chi connectivity index (χ0n) is 25.2. The number of hydrogen-bond donors (Lipinski definition) is 0. The molecule has 0 N–H and O–H groups in total. The van der Waals surface area contributed by atoms with Crippen molar-refractivity contribution in [3.05, 3.63) is 45.4 Å². The van der Waals surface area contributed by atoms with Gasteiger partial charge in [-0.25, -0.2) is 9.36 Å². The molecule has 0 aliphatic carbocycles. The summed E-state index contributed by atoms with van der Waals surface area (Å²) in [5.41, 5.74) is 1.04. The fourth-order valence-electron chi connectivity index (χ4n) is 4.14. The average molecular weight is 660 g/mol. The highest BCUT2D eigenvalue weighted by Gasteiger charge is 2.38. The monoisotopic (exact) mass is 658 g/mol. The summed E-state index contributed by atoms with van der Waals surface area (Å²) in [6, 6.07) is 4.80. The molecule has 3 amide bonds. The standard InChI is InChI=1S/C28H39Cl3N5O5Si/c1-8-40-22(37)11-12-34-13-14-36(27(34)39)21-10-9-19(17-20(21)29)35(15-16-41-42(6,7)28(2,3)4)26(38)23-24(30)32-18-33(5)25(23)31/h9-10,17-18H,8,11-16H2,1-7H3/q+1. The Bertz CT molecular complexity index is 1340. The molecule has 1 saturated heterocycles. The number of rotatable bonds is 11. The van der Waals surface area contributed by atoms with Crippen molar-refractivity contribution < 1.29 is 28.1 Å². The molecular formula is C28H39Cl3N5O5Si+. The van der Waals surface area contributed by atoms with E-state index in [1.807, 2.05) is 0 Å². The van der Waals surface area contributed by atoms with E-state index in [9.17, 15) is 14.4 Å². The highest BCUT2D eigenvalue weighted by Crippen LogP contribution is 2.37. The Kier molecular flexibility index (Phi) is 11.3. The van der Waals surface area contributed by atoms with Crippen molar-refractivity contribution in [1.29, 1.82) is 0 Å². The first-order valence-corrected chi connectivity index (χ1v) is 17.8. The molecule has 0 radical (unpaired) electrons. The van der Waals surface area contributed by atoms with Gasteiger partial charge in [0.15, 0.2) is 13.9 Å². The molecule has 0 atom stereocenters. The summed E-state index contributed by atoms with van der Waals surface area (Å²) in [6.07, 6.45) is 1.55. The highest BCUT2D eigenvalue weighted by atomic mass is 35.5. The molecule has 42 heavy (non-hydrogen) atoms. The van der Waals surface area contributed by atoms with Gasteiger partial charge in [-0.05, 0) is 71.4 Å². The number of aromatic nitrogens is 2. The number of ether oxygens (including phenoxy) is 1. The van der Waals surface area contributed by atoms with Gasteiger partial charge < -0.3 is 19.0 Å². The first-order chi connectivity index (χ1) is 19.6. The smallest absolute Gasteiger partial charge is 0.324 e. The molecule has 0 bridgehead atoms. The molecule has 1 fully saturated rings. The lowest BCUT2D eigenvalue weighted by atomic mass is 10.2. The zero-order valence-corrected chi connectivity index (χ0v) is 28.4. The maximum atomic E-state index is 13.9. The third-order valence-electron chi connectivity index (χ3n) is 7.63. The maximum Gasteiger partial charge on any atom is 0.324 e. The van der Waals surface area contributed by atoms with Gasteiger partial charge in [0, 0.05) is 31.9 Å². The lowest BCUT2D eigenvalue weighted by molar-refractivity contribution is -0.672. The normalized spacial score (nSPS) is 14.0. The number of hydrogen-bond acceptors (Lipinski definition) is 6. The van der Waals surface area contributed by atoms with Gasteiger partial charge in [-0.2, -0.15) is 0 Å². The Labute approximate surface area is 263 Å². The van der Waals surface area contributed by atoms with Crippen molar-refractivity contribution >= 4 is 72.4 Å². The minimum Gasteiger partial charge on any atom is -0.466 e. The predicted molar refractivity (Wildman–Crippen MR) is 167 cm³/mol. The lowest BCUT2D eigenvalue weighted by Crippen LogP contribution is -2.44. The molecule has 230 valence electrons. The minimum atomic E-state index is -2.10. The molecule has 1 aliphatic heterocycles. The van der Waals surface area contributed by atoms with Crippen LogP contribution in [0.5, 0.6) is 0 Å². The Hall–Kier alpha value is -2.44. The van der Waals surface area contributed by atoms with Crippen molar-refractivity contribution in [2.45, 2.75) is 52.2 Å². The van der Waals surface area contributed by atoms with Crippen LogP contribution in [0.1, 0.15) is 44.5 Å². The highest BCUT2D eigenvalue weighted by molar-refractivity contribution is 6.74. The zero-order chi connectivity index (χ0) is 31.4. The van der Waals surface area contributed by atoms with E-state index < -0.39 is 14.2 Å². The molecule has 2 aromatic rings. The van der Waals surface area contributed by atoms with Crippen molar-refractivity contribution in [1.82, 2.24) is 9.88 Å². The predicted octanol–water partition coefficient (Wildman–Crippen LogP) is 5.73. The number of nitrogens with zero attached hydrogens (tertiary/aromatic N) is 5. The summed E-state index contributed by atoms with van der Waals surface area (Å²) in [5.74, 6) is -0.811. The number of urea groups is 1. The van der Waals surface area contributed by atoms with Crippen LogP contribution in [-0.2, 0) is 21.0 Å². The number of aryl methyl sites for hydroxylation is 1. The first kappa shape index (κ1) is 34.1. The fraction of sp³-hybridized carbons (Fsp3) is 0.536. The molecule has 0 unspecified atom stereocenters. The van der Waals surface area contributed by atoms with Crippen molar-refractivity contribution in [2.24, 2.45) is 7.05 Å².